The molecule has 0 unspecified atom stereocenters. The van der Waals surface area contributed by atoms with Crippen LogP contribution in [0.15, 0.2) is 18.2 Å². The summed E-state index contributed by atoms with van der Waals surface area (Å²) in [5, 5.41) is 24.0. The van der Waals surface area contributed by atoms with E-state index < -0.39 is 24.9 Å². The Labute approximate surface area is 145 Å². The highest BCUT2D eigenvalue weighted by atomic mass is 35.5. The second-order valence-electron chi connectivity index (χ2n) is 5.52. The molecule has 0 saturated heterocycles. The Balaban J connectivity index is 2.58. The molecule has 0 fully saturated rings. The van der Waals surface area contributed by atoms with Gasteiger partial charge in [-0.15, -0.1) is 0 Å². The average Bonchev–Trinajstić information content (AvgIpc) is 2.46. The van der Waals surface area contributed by atoms with Gasteiger partial charge in [-0.25, -0.2) is 0 Å². The highest BCUT2D eigenvalue weighted by molar-refractivity contribution is 6.43. The predicted octanol–water partition coefficient (Wildman–Crippen LogP) is 1.27. The number of halogens is 2. The third kappa shape index (κ3) is 6.79. The van der Waals surface area contributed by atoms with Gasteiger partial charge in [0.2, 0.25) is 5.91 Å². The Morgan fingerprint density at radius 3 is 2.48 bits per heavy atom. The molecule has 0 heterocycles. The first-order chi connectivity index (χ1) is 10.7. The minimum atomic E-state index is -1.67. The van der Waals surface area contributed by atoms with Crippen molar-refractivity contribution in [2.24, 2.45) is 5.92 Å². The molecule has 0 radical (unpaired) electrons. The molecule has 0 spiro atoms. The van der Waals surface area contributed by atoms with E-state index in [4.69, 9.17) is 23.2 Å². The fourth-order valence-corrected chi connectivity index (χ4v) is 2.32. The van der Waals surface area contributed by atoms with Crippen molar-refractivity contribution in [3.63, 3.8) is 0 Å². The van der Waals surface area contributed by atoms with Crippen LogP contribution in [0.5, 0.6) is 0 Å². The lowest BCUT2D eigenvalue weighted by Crippen LogP contribution is -2.50. The molecule has 1 rings (SSSR count). The summed E-state index contributed by atoms with van der Waals surface area (Å²) >= 11 is 11.7. The van der Waals surface area contributed by atoms with E-state index in [-0.39, 0.29) is 23.0 Å². The van der Waals surface area contributed by atoms with Crippen LogP contribution >= 0.6 is 23.2 Å². The number of hydrogen-bond donors (Lipinski definition) is 4. The summed E-state index contributed by atoms with van der Waals surface area (Å²) in [5.74, 6) is -1.70. The van der Waals surface area contributed by atoms with Gasteiger partial charge in [-0.05, 0) is 30.5 Å². The first kappa shape index (κ1) is 19.8. The van der Waals surface area contributed by atoms with Gasteiger partial charge >= 0.3 is 7.12 Å². The van der Waals surface area contributed by atoms with Crippen molar-refractivity contribution in [2.75, 3.05) is 6.54 Å². The van der Waals surface area contributed by atoms with E-state index in [1.165, 1.54) is 12.1 Å². The van der Waals surface area contributed by atoms with Crippen LogP contribution in [0.2, 0.25) is 10.0 Å². The van der Waals surface area contributed by atoms with Crippen LogP contribution in [0.1, 0.15) is 30.6 Å². The molecule has 0 aliphatic rings. The van der Waals surface area contributed by atoms with Crippen molar-refractivity contribution in [3.05, 3.63) is 33.8 Å². The van der Waals surface area contributed by atoms with E-state index in [2.05, 4.69) is 10.6 Å². The van der Waals surface area contributed by atoms with Crippen LogP contribution in [0.25, 0.3) is 0 Å². The number of amides is 2. The van der Waals surface area contributed by atoms with Crippen molar-refractivity contribution < 1.29 is 19.6 Å². The molecule has 126 valence electrons. The van der Waals surface area contributed by atoms with E-state index in [1.807, 2.05) is 13.8 Å². The summed E-state index contributed by atoms with van der Waals surface area (Å²) in [7, 11) is -1.67. The predicted molar refractivity (Wildman–Crippen MR) is 90.4 cm³/mol. The third-order valence-electron chi connectivity index (χ3n) is 3.01. The minimum absolute atomic E-state index is 0.160. The van der Waals surface area contributed by atoms with Crippen molar-refractivity contribution >= 4 is 42.1 Å². The highest BCUT2D eigenvalue weighted by Crippen LogP contribution is 2.20. The summed E-state index contributed by atoms with van der Waals surface area (Å²) in [5.41, 5.74) is 0.160. The molecule has 2 amide bonds. The number of rotatable bonds is 7. The van der Waals surface area contributed by atoms with Crippen molar-refractivity contribution in [1.82, 2.24) is 10.6 Å². The highest BCUT2D eigenvalue weighted by Gasteiger charge is 2.26. The number of hydrogen-bond acceptors (Lipinski definition) is 4. The summed E-state index contributed by atoms with van der Waals surface area (Å²) in [6.45, 7) is 3.47. The third-order valence-corrected chi connectivity index (χ3v) is 3.58. The van der Waals surface area contributed by atoms with Gasteiger partial charge in [0.05, 0.1) is 23.1 Å². The summed E-state index contributed by atoms with van der Waals surface area (Å²) < 4.78 is 0. The molecular weight excluding hydrogens is 342 g/mol. The van der Waals surface area contributed by atoms with Crippen molar-refractivity contribution in [1.29, 1.82) is 0 Å². The quantitative estimate of drug-likeness (QED) is 0.550. The van der Waals surface area contributed by atoms with E-state index in [1.54, 1.807) is 6.07 Å². The maximum Gasteiger partial charge on any atom is 0.475 e. The van der Waals surface area contributed by atoms with Gasteiger partial charge < -0.3 is 20.7 Å². The topological polar surface area (TPSA) is 98.7 Å². The largest absolute Gasteiger partial charge is 0.475 e. The monoisotopic (exact) mass is 360 g/mol. The Bertz CT molecular complexity index is 570. The molecule has 1 atom stereocenters. The summed E-state index contributed by atoms with van der Waals surface area (Å²) in [6.07, 6.45) is 0.400. The van der Waals surface area contributed by atoms with Crippen molar-refractivity contribution in [3.8, 4) is 0 Å². The molecule has 6 nitrogen and oxygen atoms in total. The van der Waals surface area contributed by atoms with Gasteiger partial charge in [0.1, 0.15) is 0 Å². The fourth-order valence-electron chi connectivity index (χ4n) is 1.95. The molecule has 0 aliphatic carbocycles. The molecule has 23 heavy (non-hydrogen) atoms. The van der Waals surface area contributed by atoms with Gasteiger partial charge in [0.15, 0.2) is 0 Å². The van der Waals surface area contributed by atoms with Crippen LogP contribution in [0.4, 0.5) is 0 Å². The molecule has 1 aromatic carbocycles. The lowest BCUT2D eigenvalue weighted by molar-refractivity contribution is -0.120. The molecule has 1 aromatic rings. The minimum Gasteiger partial charge on any atom is -0.426 e. The first-order valence-corrected chi connectivity index (χ1v) is 7.85. The molecule has 9 heteroatoms. The number of nitrogens with one attached hydrogen (secondary N) is 2. The fraction of sp³-hybridized carbons (Fsp3) is 0.429. The van der Waals surface area contributed by atoms with Crippen molar-refractivity contribution in [2.45, 2.75) is 26.2 Å². The molecule has 0 saturated carbocycles. The Hall–Kier alpha value is -1.28. The normalized spacial score (nSPS) is 12.0. The van der Waals surface area contributed by atoms with Gasteiger partial charge in [0.25, 0.3) is 5.91 Å². The van der Waals surface area contributed by atoms with Gasteiger partial charge in [-0.2, -0.15) is 0 Å². The van der Waals surface area contributed by atoms with Gasteiger partial charge in [0, 0.05) is 5.02 Å². The smallest absolute Gasteiger partial charge is 0.426 e. The van der Waals surface area contributed by atoms with Crippen LogP contribution < -0.4 is 10.6 Å². The van der Waals surface area contributed by atoms with Crippen LogP contribution in [0, 0.1) is 5.92 Å². The zero-order chi connectivity index (χ0) is 17.6. The Morgan fingerprint density at radius 2 is 1.91 bits per heavy atom. The van der Waals surface area contributed by atoms with Crippen LogP contribution in [0.3, 0.4) is 0 Å². The maximum atomic E-state index is 12.0. The number of benzene rings is 1. The zero-order valence-electron chi connectivity index (χ0n) is 12.8. The van der Waals surface area contributed by atoms with E-state index in [9.17, 15) is 19.6 Å². The standard InChI is InChI=1S/C14H19BCl2N2O4/c1-8(2)5-12(15(22)23)19-13(20)7-18-14(21)10-6-9(16)3-4-11(10)17/h3-4,6,8,12,22-23H,5,7H2,1-2H3,(H,18,21)(H,19,20)/t12-/m1/s1. The Morgan fingerprint density at radius 1 is 1.26 bits per heavy atom. The lowest BCUT2D eigenvalue weighted by atomic mass is 9.75. The molecule has 0 aliphatic heterocycles. The molecule has 4 N–H and O–H groups in total. The number of carbonyl (C=O) groups is 2. The lowest BCUT2D eigenvalue weighted by Gasteiger charge is -2.19. The van der Waals surface area contributed by atoms with Crippen LogP contribution in [-0.4, -0.2) is 41.5 Å². The average molecular weight is 361 g/mol. The van der Waals surface area contributed by atoms with Crippen LogP contribution in [-0.2, 0) is 4.79 Å². The molecular formula is C14H19BCl2N2O4. The summed E-state index contributed by atoms with van der Waals surface area (Å²) in [6, 6.07) is 4.43. The zero-order valence-corrected chi connectivity index (χ0v) is 14.4. The van der Waals surface area contributed by atoms with Gasteiger partial charge in [-0.3, -0.25) is 9.59 Å². The Kier molecular flexibility index (Phi) is 7.84. The summed E-state index contributed by atoms with van der Waals surface area (Å²) in [4.78, 5) is 23.8. The SMILES string of the molecule is CC(C)C[C@@H](NC(=O)CNC(=O)c1cc(Cl)ccc1Cl)B(O)O. The van der Waals surface area contributed by atoms with E-state index in [0.717, 1.165) is 0 Å². The second-order valence-corrected chi connectivity index (χ2v) is 6.37. The van der Waals surface area contributed by atoms with E-state index >= 15 is 0 Å². The van der Waals surface area contributed by atoms with E-state index in [0.29, 0.717) is 11.4 Å². The second kappa shape index (κ2) is 9.13. The van der Waals surface area contributed by atoms with Gasteiger partial charge in [-0.1, -0.05) is 37.0 Å². The number of carbonyl (C=O) groups excluding carboxylic acids is 2. The molecule has 0 aromatic heterocycles. The first-order valence-electron chi connectivity index (χ1n) is 7.09. The maximum absolute atomic E-state index is 12.0. The molecule has 0 bridgehead atoms.